The van der Waals surface area contributed by atoms with E-state index in [9.17, 15) is 4.79 Å². The van der Waals surface area contributed by atoms with Gasteiger partial charge in [0.1, 0.15) is 6.04 Å². The molecule has 0 saturated carbocycles. The number of carbonyl (C=O) groups excluding carboxylic acids is 1. The van der Waals surface area contributed by atoms with E-state index in [0.29, 0.717) is 34.5 Å². The highest BCUT2D eigenvalue weighted by atomic mass is 16.5. The van der Waals surface area contributed by atoms with Gasteiger partial charge < -0.3 is 20.5 Å². The number of nitrogens with two attached hydrogens (primary N) is 1. The molecule has 0 bridgehead atoms. The van der Waals surface area contributed by atoms with Crippen LogP contribution in [0.4, 0.5) is 5.95 Å². The average molecular weight is 405 g/mol. The molecule has 0 saturated heterocycles. The first kappa shape index (κ1) is 19.5. The molecule has 8 heteroatoms. The fourth-order valence-corrected chi connectivity index (χ4v) is 3.72. The van der Waals surface area contributed by atoms with Crippen LogP contribution in [0.2, 0.25) is 0 Å². The van der Waals surface area contributed by atoms with Crippen LogP contribution in [0.3, 0.4) is 0 Å². The van der Waals surface area contributed by atoms with Crippen LogP contribution in [-0.2, 0) is 4.79 Å². The predicted molar refractivity (Wildman–Crippen MR) is 113 cm³/mol. The molecule has 0 unspecified atom stereocenters. The highest BCUT2D eigenvalue weighted by molar-refractivity contribution is 5.95. The standard InChI is InChI=1S/C22H23N5O3/c1-12-6-5-7-14(10-12)19-18(20(23)28)13(2)24-22-25-21(26-27(19)22)15-8-9-16(29-3)17(11-15)30-4/h5-11,19H,1-4H3,(H2,23,28)(H,24,25,26)/t19-/m1/s1. The lowest BCUT2D eigenvalue weighted by Crippen LogP contribution is -2.31. The number of primary amides is 1. The first-order chi connectivity index (χ1) is 14.4. The van der Waals surface area contributed by atoms with E-state index in [-0.39, 0.29) is 0 Å². The molecule has 1 amide bonds. The lowest BCUT2D eigenvalue weighted by molar-refractivity contribution is -0.115. The summed E-state index contributed by atoms with van der Waals surface area (Å²) in [6, 6.07) is 12.9. The number of aryl methyl sites for hydroxylation is 1. The number of allylic oxidation sites excluding steroid dienone is 1. The molecule has 4 rings (SSSR count). The Morgan fingerprint density at radius 1 is 1.10 bits per heavy atom. The minimum atomic E-state index is -0.500. The van der Waals surface area contributed by atoms with Crippen LogP contribution in [0, 0.1) is 6.92 Å². The Labute approximate surface area is 174 Å². The molecule has 8 nitrogen and oxygen atoms in total. The van der Waals surface area contributed by atoms with Crippen molar-refractivity contribution in [2.24, 2.45) is 5.73 Å². The van der Waals surface area contributed by atoms with Gasteiger partial charge in [0.2, 0.25) is 11.9 Å². The summed E-state index contributed by atoms with van der Waals surface area (Å²) in [6.45, 7) is 3.82. The minimum Gasteiger partial charge on any atom is -0.493 e. The van der Waals surface area contributed by atoms with Crippen molar-refractivity contribution in [2.45, 2.75) is 19.9 Å². The lowest BCUT2D eigenvalue weighted by atomic mass is 9.94. The van der Waals surface area contributed by atoms with E-state index >= 15 is 0 Å². The minimum absolute atomic E-state index is 0.455. The zero-order valence-electron chi connectivity index (χ0n) is 17.3. The van der Waals surface area contributed by atoms with Crippen LogP contribution in [0.1, 0.15) is 24.1 Å². The molecule has 1 aromatic heterocycles. The first-order valence-electron chi connectivity index (χ1n) is 9.46. The molecule has 0 spiro atoms. The molecule has 0 radical (unpaired) electrons. The number of nitrogens with one attached hydrogen (secondary N) is 1. The highest BCUT2D eigenvalue weighted by Gasteiger charge is 2.33. The number of methoxy groups -OCH3 is 2. The second kappa shape index (κ2) is 7.55. The van der Waals surface area contributed by atoms with Crippen LogP contribution in [0.25, 0.3) is 11.4 Å². The lowest BCUT2D eigenvalue weighted by Gasteiger charge is -2.27. The quantitative estimate of drug-likeness (QED) is 0.676. The van der Waals surface area contributed by atoms with Gasteiger partial charge in [0.15, 0.2) is 17.3 Å². The number of rotatable bonds is 5. The average Bonchev–Trinajstić information content (AvgIpc) is 3.15. The van der Waals surface area contributed by atoms with Crippen LogP contribution < -0.4 is 20.5 Å². The zero-order valence-corrected chi connectivity index (χ0v) is 17.3. The number of nitrogens with zero attached hydrogens (tertiary/aromatic N) is 3. The maximum atomic E-state index is 12.3. The van der Waals surface area contributed by atoms with Crippen molar-refractivity contribution in [1.29, 1.82) is 0 Å². The van der Waals surface area contributed by atoms with E-state index in [1.54, 1.807) is 25.0 Å². The second-order valence-corrected chi connectivity index (χ2v) is 7.12. The molecule has 1 aliphatic rings. The molecule has 0 aliphatic carbocycles. The number of fused-ring (bicyclic) bond motifs is 1. The van der Waals surface area contributed by atoms with Crippen molar-refractivity contribution < 1.29 is 14.3 Å². The molecule has 3 aromatic rings. The Morgan fingerprint density at radius 2 is 1.87 bits per heavy atom. The van der Waals surface area contributed by atoms with E-state index in [0.717, 1.165) is 16.7 Å². The van der Waals surface area contributed by atoms with Crippen molar-refractivity contribution in [1.82, 2.24) is 14.8 Å². The largest absolute Gasteiger partial charge is 0.493 e. The van der Waals surface area contributed by atoms with E-state index < -0.39 is 11.9 Å². The predicted octanol–water partition coefficient (Wildman–Crippen LogP) is 3.04. The molecular formula is C22H23N5O3. The number of aromatic nitrogens is 3. The monoisotopic (exact) mass is 405 g/mol. The number of anilines is 1. The van der Waals surface area contributed by atoms with Crippen molar-refractivity contribution in [3.05, 3.63) is 64.9 Å². The van der Waals surface area contributed by atoms with Crippen LogP contribution in [-0.4, -0.2) is 34.9 Å². The van der Waals surface area contributed by atoms with E-state index in [2.05, 4.69) is 10.3 Å². The Hall–Kier alpha value is -3.81. The molecule has 154 valence electrons. The van der Waals surface area contributed by atoms with E-state index in [1.807, 2.05) is 50.2 Å². The number of hydrogen-bond acceptors (Lipinski definition) is 6. The SMILES string of the molecule is COc1ccc(-c2nc3n(n2)[C@H](c2cccc(C)c2)C(C(N)=O)=C(C)N3)cc1OC. The smallest absolute Gasteiger partial charge is 0.248 e. The summed E-state index contributed by atoms with van der Waals surface area (Å²) in [5.41, 5.74) is 9.61. The number of hydrogen-bond donors (Lipinski definition) is 2. The van der Waals surface area contributed by atoms with E-state index in [1.165, 1.54) is 0 Å². The number of amides is 1. The fourth-order valence-electron chi connectivity index (χ4n) is 3.72. The van der Waals surface area contributed by atoms with Crippen LogP contribution in [0.15, 0.2) is 53.7 Å². The third-order valence-electron chi connectivity index (χ3n) is 5.12. The first-order valence-corrected chi connectivity index (χ1v) is 9.46. The second-order valence-electron chi connectivity index (χ2n) is 7.12. The molecule has 1 atom stereocenters. The van der Waals surface area contributed by atoms with Crippen molar-refractivity contribution in [2.75, 3.05) is 19.5 Å². The van der Waals surface area contributed by atoms with E-state index in [4.69, 9.17) is 20.3 Å². The topological polar surface area (TPSA) is 104 Å². The van der Waals surface area contributed by atoms with Crippen molar-refractivity contribution >= 4 is 11.9 Å². The molecule has 0 fully saturated rings. The molecule has 1 aliphatic heterocycles. The van der Waals surface area contributed by atoms with Gasteiger partial charge in [-0.1, -0.05) is 29.8 Å². The number of carbonyl (C=O) groups is 1. The van der Waals surface area contributed by atoms with Gasteiger partial charge in [-0.15, -0.1) is 5.10 Å². The van der Waals surface area contributed by atoms with Gasteiger partial charge in [-0.2, -0.15) is 4.98 Å². The molecule has 3 N–H and O–H groups in total. The van der Waals surface area contributed by atoms with Gasteiger partial charge in [0.25, 0.3) is 0 Å². The summed E-state index contributed by atoms with van der Waals surface area (Å²) < 4.78 is 12.4. The van der Waals surface area contributed by atoms with Crippen molar-refractivity contribution in [3.63, 3.8) is 0 Å². The van der Waals surface area contributed by atoms with Gasteiger partial charge in [-0.05, 0) is 37.6 Å². The molecule has 2 aromatic carbocycles. The molecule has 30 heavy (non-hydrogen) atoms. The third kappa shape index (κ3) is 3.26. The Bertz CT molecular complexity index is 1170. The van der Waals surface area contributed by atoms with Gasteiger partial charge in [-0.25, -0.2) is 4.68 Å². The maximum Gasteiger partial charge on any atom is 0.248 e. The Morgan fingerprint density at radius 3 is 2.53 bits per heavy atom. The molecule has 2 heterocycles. The maximum absolute atomic E-state index is 12.3. The summed E-state index contributed by atoms with van der Waals surface area (Å²) in [7, 11) is 3.16. The number of benzene rings is 2. The highest BCUT2D eigenvalue weighted by Crippen LogP contribution is 2.37. The Kier molecular flexibility index (Phi) is 4.91. The zero-order chi connectivity index (χ0) is 21.4. The summed E-state index contributed by atoms with van der Waals surface area (Å²) in [5.74, 6) is 1.73. The number of ether oxygens (including phenoxy) is 2. The Balaban J connectivity index is 1.86. The fraction of sp³-hybridized carbons (Fsp3) is 0.227. The summed E-state index contributed by atoms with van der Waals surface area (Å²) in [6.07, 6.45) is 0. The summed E-state index contributed by atoms with van der Waals surface area (Å²) in [4.78, 5) is 17.0. The van der Waals surface area contributed by atoms with Crippen molar-refractivity contribution in [3.8, 4) is 22.9 Å². The summed E-state index contributed by atoms with van der Waals surface area (Å²) in [5, 5.41) is 7.87. The third-order valence-corrected chi connectivity index (χ3v) is 5.12. The molecular weight excluding hydrogens is 382 g/mol. The van der Waals surface area contributed by atoms with Gasteiger partial charge in [-0.3, -0.25) is 4.79 Å². The normalized spacial score (nSPS) is 15.4. The summed E-state index contributed by atoms with van der Waals surface area (Å²) >= 11 is 0. The van der Waals surface area contributed by atoms with Gasteiger partial charge in [0.05, 0.1) is 19.8 Å². The van der Waals surface area contributed by atoms with Crippen LogP contribution in [0.5, 0.6) is 11.5 Å². The van der Waals surface area contributed by atoms with Crippen LogP contribution >= 0.6 is 0 Å². The van der Waals surface area contributed by atoms with Gasteiger partial charge in [0, 0.05) is 11.3 Å². The van der Waals surface area contributed by atoms with Gasteiger partial charge >= 0.3 is 0 Å².